The highest BCUT2D eigenvalue weighted by molar-refractivity contribution is 6.33. The molecule has 4 rings (SSSR count). The third-order valence-corrected chi connectivity index (χ3v) is 3.57. The van der Waals surface area contributed by atoms with Crippen LogP contribution in [0.4, 0.5) is 0 Å². The summed E-state index contributed by atoms with van der Waals surface area (Å²) in [5.74, 6) is 0.383. The zero-order valence-corrected chi connectivity index (χ0v) is 11.0. The maximum absolute atomic E-state index is 8.92. The Morgan fingerprint density at radius 2 is 1.67 bits per heavy atom. The van der Waals surface area contributed by atoms with E-state index in [-0.39, 0.29) is 0 Å². The molecular weight excluding hydrogens is 267 g/mol. The van der Waals surface area contributed by atoms with Crippen molar-refractivity contribution in [1.82, 2.24) is 0 Å². The second-order valence-corrected chi connectivity index (χ2v) is 4.86. The Morgan fingerprint density at radius 1 is 0.857 bits per heavy atom. The third kappa shape index (κ3) is 1.95. The van der Waals surface area contributed by atoms with E-state index >= 15 is 0 Å². The van der Waals surface area contributed by atoms with Crippen LogP contribution in [-0.2, 0) is 0 Å². The molecule has 2 N–H and O–H groups in total. The Labute approximate surface area is 120 Å². The first-order valence-corrected chi connectivity index (χ1v) is 6.59. The van der Waals surface area contributed by atoms with Crippen LogP contribution in [0.25, 0.3) is 32.7 Å². The van der Waals surface area contributed by atoms with Crippen LogP contribution >= 0.6 is 0 Å². The van der Waals surface area contributed by atoms with Gasteiger partial charge in [0.15, 0.2) is 0 Å². The second-order valence-electron chi connectivity index (χ2n) is 4.86. The van der Waals surface area contributed by atoms with Gasteiger partial charge in [-0.3, -0.25) is 0 Å². The molecule has 0 amide bonds. The van der Waals surface area contributed by atoms with Crippen molar-refractivity contribution < 1.29 is 19.1 Å². The van der Waals surface area contributed by atoms with Gasteiger partial charge in [0.2, 0.25) is 0 Å². The second kappa shape index (κ2) is 4.51. The molecule has 0 spiro atoms. The van der Waals surface area contributed by atoms with E-state index in [0.717, 1.165) is 32.7 Å². The molecule has 4 aromatic rings. The highest BCUT2D eigenvalue weighted by atomic mass is 16.6. The Bertz CT molecular complexity index is 958. The van der Waals surface area contributed by atoms with Gasteiger partial charge in [-0.2, -0.15) is 0 Å². The minimum atomic E-state index is -1.84. The van der Waals surface area contributed by atoms with Crippen molar-refractivity contribution in [2.75, 3.05) is 0 Å². The van der Waals surface area contributed by atoms with Crippen molar-refractivity contribution in [1.29, 1.82) is 0 Å². The summed E-state index contributed by atoms with van der Waals surface area (Å²) in [7, 11) is -1.84. The normalized spacial score (nSPS) is 11.3. The van der Waals surface area contributed by atoms with Gasteiger partial charge >= 0.3 is 7.32 Å². The first-order chi connectivity index (χ1) is 10.2. The Balaban J connectivity index is 2.09. The summed E-state index contributed by atoms with van der Waals surface area (Å²) in [6.07, 6.45) is 0. The topological polar surface area (TPSA) is 62.8 Å². The van der Waals surface area contributed by atoms with Gasteiger partial charge in [0.05, 0.1) is 0 Å². The summed E-state index contributed by atoms with van der Waals surface area (Å²) in [5.41, 5.74) is 1.53. The van der Waals surface area contributed by atoms with Crippen LogP contribution < -0.4 is 4.65 Å². The van der Waals surface area contributed by atoms with Crippen LogP contribution in [-0.4, -0.2) is 17.4 Å². The van der Waals surface area contributed by atoms with Crippen molar-refractivity contribution in [2.45, 2.75) is 0 Å². The lowest BCUT2D eigenvalue weighted by Crippen LogP contribution is -2.20. The van der Waals surface area contributed by atoms with E-state index in [9.17, 15) is 0 Å². The molecule has 21 heavy (non-hydrogen) atoms. The molecule has 0 saturated heterocycles. The molecule has 0 saturated carbocycles. The minimum Gasteiger partial charge on any atom is -0.512 e. The monoisotopic (exact) mass is 278 g/mol. The van der Waals surface area contributed by atoms with Crippen molar-refractivity contribution in [3.63, 3.8) is 0 Å². The molecule has 4 nitrogen and oxygen atoms in total. The van der Waals surface area contributed by atoms with Gasteiger partial charge in [0.1, 0.15) is 16.9 Å². The van der Waals surface area contributed by atoms with Crippen molar-refractivity contribution in [2.24, 2.45) is 0 Å². The molecule has 0 aliphatic carbocycles. The number of rotatable bonds is 2. The molecular formula is C16H11BO4. The van der Waals surface area contributed by atoms with Crippen molar-refractivity contribution in [3.05, 3.63) is 54.6 Å². The standard InChI is InChI=1S/C16H11BO4/c18-17(19)21-11-6-8-14-13(9-11)16-12-4-2-1-3-10(12)5-7-15(16)20-14/h1-9,18-19H. The van der Waals surface area contributed by atoms with E-state index in [0.29, 0.717) is 5.75 Å². The SMILES string of the molecule is OB(O)Oc1ccc2oc3ccc4ccccc4c3c2c1. The van der Waals surface area contributed by atoms with E-state index < -0.39 is 7.32 Å². The first kappa shape index (κ1) is 12.3. The molecule has 1 heterocycles. The van der Waals surface area contributed by atoms with Gasteiger partial charge in [0, 0.05) is 10.8 Å². The zero-order valence-electron chi connectivity index (χ0n) is 11.0. The summed E-state index contributed by atoms with van der Waals surface area (Å²) in [6.45, 7) is 0. The maximum Gasteiger partial charge on any atom is 0.707 e. The lowest BCUT2D eigenvalue weighted by Gasteiger charge is -2.04. The van der Waals surface area contributed by atoms with E-state index in [4.69, 9.17) is 19.1 Å². The number of furan rings is 1. The van der Waals surface area contributed by atoms with Crippen LogP contribution in [0.1, 0.15) is 0 Å². The fourth-order valence-corrected chi connectivity index (χ4v) is 2.72. The zero-order chi connectivity index (χ0) is 14.4. The van der Waals surface area contributed by atoms with Crippen LogP contribution in [0.15, 0.2) is 59.0 Å². The van der Waals surface area contributed by atoms with Crippen molar-refractivity contribution >= 4 is 40.0 Å². The summed E-state index contributed by atoms with van der Waals surface area (Å²) in [5, 5.41) is 22.0. The number of hydrogen-bond donors (Lipinski definition) is 2. The summed E-state index contributed by atoms with van der Waals surface area (Å²) in [6, 6.07) is 17.2. The van der Waals surface area contributed by atoms with Gasteiger partial charge in [-0.05, 0) is 35.0 Å². The van der Waals surface area contributed by atoms with E-state index in [1.165, 1.54) is 0 Å². The number of fused-ring (bicyclic) bond motifs is 5. The van der Waals surface area contributed by atoms with Crippen molar-refractivity contribution in [3.8, 4) is 5.75 Å². The summed E-state index contributed by atoms with van der Waals surface area (Å²) < 4.78 is 10.8. The van der Waals surface area contributed by atoms with Gasteiger partial charge in [-0.15, -0.1) is 0 Å². The highest BCUT2D eigenvalue weighted by Gasteiger charge is 2.14. The molecule has 1 aromatic heterocycles. The van der Waals surface area contributed by atoms with E-state index in [2.05, 4.69) is 0 Å². The summed E-state index contributed by atoms with van der Waals surface area (Å²) in [4.78, 5) is 0. The average molecular weight is 278 g/mol. The fourth-order valence-electron chi connectivity index (χ4n) is 2.72. The number of benzene rings is 3. The molecule has 0 radical (unpaired) electrons. The third-order valence-electron chi connectivity index (χ3n) is 3.57. The van der Waals surface area contributed by atoms with E-state index in [1.807, 2.05) is 36.4 Å². The fraction of sp³-hybridized carbons (Fsp3) is 0. The van der Waals surface area contributed by atoms with Gasteiger partial charge < -0.3 is 19.1 Å². The van der Waals surface area contributed by atoms with Crippen LogP contribution in [0.2, 0.25) is 0 Å². The molecule has 0 unspecified atom stereocenters. The van der Waals surface area contributed by atoms with Crippen LogP contribution in [0, 0.1) is 0 Å². The smallest absolute Gasteiger partial charge is 0.512 e. The van der Waals surface area contributed by atoms with Gasteiger partial charge in [0.25, 0.3) is 0 Å². The molecule has 0 aliphatic rings. The largest absolute Gasteiger partial charge is 0.707 e. The quantitative estimate of drug-likeness (QED) is 0.553. The number of hydrogen-bond acceptors (Lipinski definition) is 4. The average Bonchev–Trinajstić information content (AvgIpc) is 2.85. The van der Waals surface area contributed by atoms with Crippen LogP contribution in [0.5, 0.6) is 5.75 Å². The lowest BCUT2D eigenvalue weighted by atomic mass is 10.0. The molecule has 5 heteroatoms. The summed E-state index contributed by atoms with van der Waals surface area (Å²) >= 11 is 0. The van der Waals surface area contributed by atoms with E-state index in [1.54, 1.807) is 18.2 Å². The molecule has 102 valence electrons. The lowest BCUT2D eigenvalue weighted by molar-refractivity contribution is 0.288. The minimum absolute atomic E-state index is 0.383. The Morgan fingerprint density at radius 3 is 2.52 bits per heavy atom. The molecule has 0 aliphatic heterocycles. The predicted octanol–water partition coefficient (Wildman–Crippen LogP) is 3.09. The van der Waals surface area contributed by atoms with Crippen LogP contribution in [0.3, 0.4) is 0 Å². The first-order valence-electron chi connectivity index (χ1n) is 6.59. The maximum atomic E-state index is 8.92. The Kier molecular flexibility index (Phi) is 2.64. The molecule has 0 atom stereocenters. The predicted molar refractivity (Wildman–Crippen MR) is 82.0 cm³/mol. The van der Waals surface area contributed by atoms with Gasteiger partial charge in [-0.1, -0.05) is 30.3 Å². The highest BCUT2D eigenvalue weighted by Crippen LogP contribution is 2.36. The van der Waals surface area contributed by atoms with Gasteiger partial charge in [-0.25, -0.2) is 0 Å². The molecule has 3 aromatic carbocycles. The Hall–Kier alpha value is -2.50. The molecule has 0 bridgehead atoms. The molecule has 0 fully saturated rings.